The topological polar surface area (TPSA) is 86.5 Å². The highest BCUT2D eigenvalue weighted by Crippen LogP contribution is 2.33. The van der Waals surface area contributed by atoms with Gasteiger partial charge >= 0.3 is 0 Å². The highest BCUT2D eigenvalue weighted by Gasteiger charge is 2.13. The Kier molecular flexibility index (Phi) is 6.79. The van der Waals surface area contributed by atoms with Crippen LogP contribution in [0.1, 0.15) is 26.6 Å². The summed E-state index contributed by atoms with van der Waals surface area (Å²) in [5.74, 6) is 0.323. The Morgan fingerprint density at radius 1 is 1.24 bits per heavy atom. The van der Waals surface area contributed by atoms with Crippen LogP contribution in [0.4, 0.5) is 4.39 Å². The van der Waals surface area contributed by atoms with Crippen LogP contribution in [-0.4, -0.2) is 24.5 Å². The molecule has 0 aliphatic carbocycles. The van der Waals surface area contributed by atoms with Gasteiger partial charge in [0.2, 0.25) is 0 Å². The average molecular weight is 415 g/mol. The Labute approximate surface area is 172 Å². The van der Waals surface area contributed by atoms with Gasteiger partial charge in [-0.1, -0.05) is 0 Å². The summed E-state index contributed by atoms with van der Waals surface area (Å²) in [6.45, 7) is 2.59. The molecule has 3 N–H and O–H groups in total. The smallest absolute Gasteiger partial charge is 0.251 e. The number of carbonyl (C=O) groups excluding carboxylic acids is 1. The Morgan fingerprint density at radius 3 is 2.76 bits per heavy atom. The molecule has 3 rings (SSSR count). The molecule has 0 unspecified atom stereocenters. The molecule has 152 valence electrons. The number of halogens is 1. The molecule has 3 aromatic rings. The first kappa shape index (κ1) is 20.8. The van der Waals surface area contributed by atoms with Gasteiger partial charge < -0.3 is 20.5 Å². The Morgan fingerprint density at radius 2 is 2.07 bits per heavy atom. The number of amides is 1. The predicted molar refractivity (Wildman–Crippen MR) is 110 cm³/mol. The molecule has 0 spiro atoms. The van der Waals surface area contributed by atoms with Crippen molar-refractivity contribution < 1.29 is 18.7 Å². The first-order valence-corrected chi connectivity index (χ1v) is 9.91. The number of ether oxygens (including phenoxy) is 2. The number of aromatic nitrogens is 1. The monoisotopic (exact) mass is 415 g/mol. The molecule has 0 aliphatic heterocycles. The molecule has 0 fully saturated rings. The zero-order chi connectivity index (χ0) is 20.8. The molecule has 8 heteroatoms. The van der Waals surface area contributed by atoms with Crippen molar-refractivity contribution in [1.29, 1.82) is 0 Å². The fraction of sp³-hybridized carbons (Fsp3) is 0.238. The van der Waals surface area contributed by atoms with E-state index in [0.717, 1.165) is 10.7 Å². The number of rotatable bonds is 8. The van der Waals surface area contributed by atoms with E-state index in [-0.39, 0.29) is 18.2 Å². The third-order valence-electron chi connectivity index (χ3n) is 4.11. The first-order chi connectivity index (χ1) is 14.0. The van der Waals surface area contributed by atoms with Crippen LogP contribution in [0.15, 0.2) is 41.8 Å². The standard InChI is InChI=1S/C21H22FN3O3S/c1-13-12-29-20(25-13)5-6-24-21(26)15-3-4-18(27-2)19(9-15)28-17-8-14(11-23)7-16(22)10-17/h3-4,7-10,12H,5-6,11,23H2,1-2H3,(H,24,26). The average Bonchev–Trinajstić information content (AvgIpc) is 3.12. The molecule has 0 radical (unpaired) electrons. The summed E-state index contributed by atoms with van der Waals surface area (Å²) in [4.78, 5) is 16.9. The number of nitrogens with one attached hydrogen (secondary N) is 1. The molecule has 0 bridgehead atoms. The fourth-order valence-electron chi connectivity index (χ4n) is 2.72. The highest BCUT2D eigenvalue weighted by atomic mass is 32.1. The van der Waals surface area contributed by atoms with E-state index in [1.165, 1.54) is 19.2 Å². The Bertz CT molecular complexity index is 1010. The minimum absolute atomic E-state index is 0.187. The number of benzene rings is 2. The largest absolute Gasteiger partial charge is 0.493 e. The number of hydrogen-bond donors (Lipinski definition) is 2. The summed E-state index contributed by atoms with van der Waals surface area (Å²) in [6, 6.07) is 9.09. The molecule has 6 nitrogen and oxygen atoms in total. The van der Waals surface area contributed by atoms with Crippen molar-refractivity contribution in [3.8, 4) is 17.2 Å². The van der Waals surface area contributed by atoms with Crippen molar-refractivity contribution in [1.82, 2.24) is 10.3 Å². The molecule has 29 heavy (non-hydrogen) atoms. The maximum atomic E-state index is 13.8. The summed E-state index contributed by atoms with van der Waals surface area (Å²) in [6.07, 6.45) is 0.662. The molecule has 0 atom stereocenters. The van der Waals surface area contributed by atoms with Crippen molar-refractivity contribution in [2.24, 2.45) is 5.73 Å². The number of hydrogen-bond acceptors (Lipinski definition) is 6. The Balaban J connectivity index is 1.72. The van der Waals surface area contributed by atoms with Gasteiger partial charge in [-0.25, -0.2) is 9.37 Å². The summed E-state index contributed by atoms with van der Waals surface area (Å²) < 4.78 is 24.8. The number of nitrogens with two attached hydrogens (primary N) is 1. The van der Waals surface area contributed by atoms with Crippen LogP contribution in [-0.2, 0) is 13.0 Å². The van der Waals surface area contributed by atoms with Crippen LogP contribution < -0.4 is 20.5 Å². The van der Waals surface area contributed by atoms with E-state index in [2.05, 4.69) is 10.3 Å². The second kappa shape index (κ2) is 9.49. The summed E-state index contributed by atoms with van der Waals surface area (Å²) in [7, 11) is 1.49. The molecular weight excluding hydrogens is 393 g/mol. The molecule has 1 amide bonds. The second-order valence-corrected chi connectivity index (χ2v) is 7.30. The van der Waals surface area contributed by atoms with Crippen molar-refractivity contribution in [3.63, 3.8) is 0 Å². The number of thiazole rings is 1. The van der Waals surface area contributed by atoms with Gasteiger partial charge in [0.25, 0.3) is 5.91 Å². The zero-order valence-corrected chi connectivity index (χ0v) is 17.0. The Hall–Kier alpha value is -2.97. The molecule has 2 aromatic carbocycles. The van der Waals surface area contributed by atoms with Gasteiger partial charge in [0.15, 0.2) is 11.5 Å². The highest BCUT2D eigenvalue weighted by molar-refractivity contribution is 7.09. The number of carbonyl (C=O) groups is 1. The molecule has 1 aromatic heterocycles. The molecule has 0 saturated heterocycles. The summed E-state index contributed by atoms with van der Waals surface area (Å²) >= 11 is 1.57. The molecule has 0 saturated carbocycles. The quantitative estimate of drug-likeness (QED) is 0.584. The van der Waals surface area contributed by atoms with E-state index in [1.54, 1.807) is 35.6 Å². The third kappa shape index (κ3) is 5.52. The van der Waals surface area contributed by atoms with Crippen molar-refractivity contribution in [3.05, 3.63) is 69.4 Å². The van der Waals surface area contributed by atoms with Gasteiger partial charge in [-0.2, -0.15) is 0 Å². The second-order valence-electron chi connectivity index (χ2n) is 6.36. The summed E-state index contributed by atoms with van der Waals surface area (Å²) in [5.41, 5.74) is 7.57. The number of methoxy groups -OCH3 is 1. The van der Waals surface area contributed by atoms with Crippen LogP contribution in [0.2, 0.25) is 0 Å². The van der Waals surface area contributed by atoms with Gasteiger partial charge in [-0.05, 0) is 42.8 Å². The van der Waals surface area contributed by atoms with Crippen LogP contribution >= 0.6 is 11.3 Å². The normalized spacial score (nSPS) is 10.6. The van der Waals surface area contributed by atoms with Crippen molar-refractivity contribution >= 4 is 17.2 Å². The summed E-state index contributed by atoms with van der Waals surface area (Å²) in [5, 5.41) is 5.82. The first-order valence-electron chi connectivity index (χ1n) is 9.03. The van der Waals surface area contributed by atoms with E-state index in [9.17, 15) is 9.18 Å². The third-order valence-corrected chi connectivity index (χ3v) is 5.14. The SMILES string of the molecule is COc1ccc(C(=O)NCCc2nc(C)cs2)cc1Oc1cc(F)cc(CN)c1. The van der Waals surface area contributed by atoms with Gasteiger partial charge in [0.05, 0.1) is 12.1 Å². The zero-order valence-electron chi connectivity index (χ0n) is 16.2. The lowest BCUT2D eigenvalue weighted by atomic mass is 10.1. The van der Waals surface area contributed by atoms with Crippen molar-refractivity contribution in [2.45, 2.75) is 19.9 Å². The number of nitrogens with zero attached hydrogens (tertiary/aromatic N) is 1. The van der Waals surface area contributed by atoms with Gasteiger partial charge in [-0.3, -0.25) is 4.79 Å². The lowest BCUT2D eigenvalue weighted by Gasteiger charge is -2.13. The van der Waals surface area contributed by atoms with E-state index in [0.29, 0.717) is 35.6 Å². The van der Waals surface area contributed by atoms with Crippen LogP contribution in [0.3, 0.4) is 0 Å². The molecular formula is C21H22FN3O3S. The van der Waals surface area contributed by atoms with Crippen LogP contribution in [0.25, 0.3) is 0 Å². The minimum atomic E-state index is -0.451. The van der Waals surface area contributed by atoms with Crippen LogP contribution in [0, 0.1) is 12.7 Å². The van der Waals surface area contributed by atoms with Crippen molar-refractivity contribution in [2.75, 3.05) is 13.7 Å². The van der Waals surface area contributed by atoms with Gasteiger partial charge in [0.1, 0.15) is 11.6 Å². The van der Waals surface area contributed by atoms with E-state index in [1.807, 2.05) is 12.3 Å². The molecule has 1 heterocycles. The van der Waals surface area contributed by atoms with E-state index in [4.69, 9.17) is 15.2 Å². The maximum Gasteiger partial charge on any atom is 0.251 e. The van der Waals surface area contributed by atoms with E-state index < -0.39 is 5.82 Å². The lowest BCUT2D eigenvalue weighted by molar-refractivity contribution is 0.0953. The lowest BCUT2D eigenvalue weighted by Crippen LogP contribution is -2.25. The molecule has 0 aliphatic rings. The maximum absolute atomic E-state index is 13.8. The van der Waals surface area contributed by atoms with Crippen LogP contribution in [0.5, 0.6) is 17.2 Å². The predicted octanol–water partition coefficient (Wildman–Crippen LogP) is 3.82. The van der Waals surface area contributed by atoms with Gasteiger partial charge in [-0.15, -0.1) is 11.3 Å². The minimum Gasteiger partial charge on any atom is -0.493 e. The van der Waals surface area contributed by atoms with E-state index >= 15 is 0 Å². The number of aryl methyl sites for hydroxylation is 1. The fourth-order valence-corrected chi connectivity index (χ4v) is 3.50. The van der Waals surface area contributed by atoms with Gasteiger partial charge in [0, 0.05) is 42.2 Å².